The lowest BCUT2D eigenvalue weighted by Gasteiger charge is -2.24. The molecule has 0 amide bonds. The van der Waals surface area contributed by atoms with Crippen molar-refractivity contribution < 1.29 is 0 Å². The summed E-state index contributed by atoms with van der Waals surface area (Å²) in [7, 11) is 0. The molecule has 3 N–H and O–H groups in total. The van der Waals surface area contributed by atoms with Crippen LogP contribution in [0.3, 0.4) is 0 Å². The van der Waals surface area contributed by atoms with Crippen molar-refractivity contribution in [1.29, 1.82) is 0 Å². The van der Waals surface area contributed by atoms with E-state index in [9.17, 15) is 0 Å². The van der Waals surface area contributed by atoms with Crippen LogP contribution in [0.1, 0.15) is 19.8 Å². The zero-order valence-electron chi connectivity index (χ0n) is 10.2. The third kappa shape index (κ3) is 3.27. The molecule has 1 aromatic rings. The molecule has 1 heterocycles. The minimum Gasteiger partial charge on any atom is -0.397 e. The summed E-state index contributed by atoms with van der Waals surface area (Å²) in [5, 5.41) is 4.10. The molecule has 0 aliphatic carbocycles. The number of hydrogen-bond acceptors (Lipinski definition) is 3. The maximum atomic E-state index is 5.95. The molecular formula is C13H20ClN3. The van der Waals surface area contributed by atoms with Crippen molar-refractivity contribution in [3.05, 3.63) is 23.2 Å². The van der Waals surface area contributed by atoms with Crippen molar-refractivity contribution in [2.45, 2.75) is 25.8 Å². The summed E-state index contributed by atoms with van der Waals surface area (Å²) in [6.07, 6.45) is 2.65. The van der Waals surface area contributed by atoms with Gasteiger partial charge in [0, 0.05) is 17.6 Å². The van der Waals surface area contributed by atoms with Gasteiger partial charge in [0.1, 0.15) is 0 Å². The molecule has 1 saturated heterocycles. The van der Waals surface area contributed by atoms with E-state index in [1.165, 1.54) is 25.9 Å². The molecule has 0 bridgehead atoms. The van der Waals surface area contributed by atoms with Crippen LogP contribution in [0.4, 0.5) is 11.4 Å². The summed E-state index contributed by atoms with van der Waals surface area (Å²) < 4.78 is 0. The predicted molar refractivity (Wildman–Crippen MR) is 74.6 cm³/mol. The molecule has 17 heavy (non-hydrogen) atoms. The van der Waals surface area contributed by atoms with Crippen molar-refractivity contribution in [2.24, 2.45) is 0 Å². The van der Waals surface area contributed by atoms with Gasteiger partial charge in [0.05, 0.1) is 11.4 Å². The highest BCUT2D eigenvalue weighted by atomic mass is 35.5. The number of nitrogens with zero attached hydrogens (tertiary/aromatic N) is 1. The highest BCUT2D eigenvalue weighted by Gasteiger charge is 2.17. The number of nitrogens with two attached hydrogens (primary N) is 1. The van der Waals surface area contributed by atoms with Crippen LogP contribution in [0.25, 0.3) is 0 Å². The van der Waals surface area contributed by atoms with Gasteiger partial charge in [-0.05, 0) is 51.1 Å². The Balaban J connectivity index is 1.90. The van der Waals surface area contributed by atoms with Gasteiger partial charge in [0.25, 0.3) is 0 Å². The third-order valence-corrected chi connectivity index (χ3v) is 3.60. The first-order valence-electron chi connectivity index (χ1n) is 6.20. The smallest absolute Gasteiger partial charge is 0.0589 e. The Hall–Kier alpha value is -0.930. The number of hydrogen-bond donors (Lipinski definition) is 2. The molecule has 0 spiro atoms. The lowest BCUT2D eigenvalue weighted by Crippen LogP contribution is -2.35. The van der Waals surface area contributed by atoms with Crippen molar-refractivity contribution in [3.8, 4) is 0 Å². The summed E-state index contributed by atoms with van der Waals surface area (Å²) in [4.78, 5) is 2.51. The Labute approximate surface area is 108 Å². The Morgan fingerprint density at radius 3 is 2.82 bits per heavy atom. The van der Waals surface area contributed by atoms with Crippen LogP contribution in [-0.4, -0.2) is 30.6 Å². The van der Waals surface area contributed by atoms with Crippen LogP contribution in [0.2, 0.25) is 5.02 Å². The van der Waals surface area contributed by atoms with Gasteiger partial charge in [-0.15, -0.1) is 0 Å². The molecule has 0 radical (unpaired) electrons. The van der Waals surface area contributed by atoms with Gasteiger partial charge in [0.2, 0.25) is 0 Å². The van der Waals surface area contributed by atoms with Crippen LogP contribution >= 0.6 is 11.6 Å². The largest absolute Gasteiger partial charge is 0.397 e. The summed E-state index contributed by atoms with van der Waals surface area (Å²) in [5.74, 6) is 0. The maximum Gasteiger partial charge on any atom is 0.0589 e. The first-order chi connectivity index (χ1) is 8.16. The molecule has 4 heteroatoms. The molecule has 1 unspecified atom stereocenters. The Kier molecular flexibility index (Phi) is 4.13. The first-order valence-corrected chi connectivity index (χ1v) is 6.57. The lowest BCUT2D eigenvalue weighted by atomic mass is 10.2. The fourth-order valence-corrected chi connectivity index (χ4v) is 2.42. The average molecular weight is 254 g/mol. The zero-order valence-corrected chi connectivity index (χ0v) is 11.0. The molecule has 0 aromatic heterocycles. The SMILES string of the molecule is CC(CNc1cc(Cl)ccc1N)N1CCCC1. The second-order valence-corrected chi connectivity index (χ2v) is 5.14. The summed E-state index contributed by atoms with van der Waals surface area (Å²) in [6.45, 7) is 5.59. The molecule has 1 fully saturated rings. The fraction of sp³-hybridized carbons (Fsp3) is 0.538. The predicted octanol–water partition coefficient (Wildman–Crippen LogP) is 2.82. The number of nitrogen functional groups attached to an aromatic ring is 1. The van der Waals surface area contributed by atoms with Gasteiger partial charge in [-0.1, -0.05) is 11.6 Å². The molecule has 94 valence electrons. The molecule has 1 aromatic carbocycles. The van der Waals surface area contributed by atoms with Gasteiger partial charge in [-0.2, -0.15) is 0 Å². The van der Waals surface area contributed by atoms with E-state index in [0.29, 0.717) is 6.04 Å². The Bertz CT molecular complexity index is 375. The zero-order chi connectivity index (χ0) is 12.3. The third-order valence-electron chi connectivity index (χ3n) is 3.37. The summed E-state index contributed by atoms with van der Waals surface area (Å²) >= 11 is 5.95. The lowest BCUT2D eigenvalue weighted by molar-refractivity contribution is 0.269. The van der Waals surface area contributed by atoms with E-state index in [-0.39, 0.29) is 0 Å². The summed E-state index contributed by atoms with van der Waals surface area (Å²) in [6, 6.07) is 6.07. The molecule has 2 rings (SSSR count). The minimum atomic E-state index is 0.538. The number of rotatable bonds is 4. The van der Waals surface area contributed by atoms with Crippen molar-refractivity contribution >= 4 is 23.0 Å². The molecule has 1 aliphatic heterocycles. The standard InChI is InChI=1S/C13H20ClN3/c1-10(17-6-2-3-7-17)9-16-13-8-11(14)4-5-12(13)15/h4-5,8,10,16H,2-3,6-7,9,15H2,1H3. The van der Waals surface area contributed by atoms with Crippen molar-refractivity contribution in [1.82, 2.24) is 4.90 Å². The summed E-state index contributed by atoms with van der Waals surface area (Å²) in [5.41, 5.74) is 7.58. The van der Waals surface area contributed by atoms with Crippen molar-refractivity contribution in [2.75, 3.05) is 30.7 Å². The quantitative estimate of drug-likeness (QED) is 0.811. The van der Waals surface area contributed by atoms with Gasteiger partial charge < -0.3 is 11.1 Å². The number of anilines is 2. The maximum absolute atomic E-state index is 5.95. The van der Waals surface area contributed by atoms with Crippen LogP contribution in [0.5, 0.6) is 0 Å². The second kappa shape index (κ2) is 5.61. The van der Waals surface area contributed by atoms with Gasteiger partial charge in [0.15, 0.2) is 0 Å². The van der Waals surface area contributed by atoms with E-state index in [1.54, 1.807) is 0 Å². The number of nitrogens with one attached hydrogen (secondary N) is 1. The molecule has 3 nitrogen and oxygen atoms in total. The van der Waals surface area contributed by atoms with Gasteiger partial charge in [-0.3, -0.25) is 4.90 Å². The number of benzene rings is 1. The van der Waals surface area contributed by atoms with Gasteiger partial charge >= 0.3 is 0 Å². The number of halogens is 1. The molecule has 1 atom stereocenters. The average Bonchev–Trinajstić information content (AvgIpc) is 2.83. The van der Waals surface area contributed by atoms with Crippen molar-refractivity contribution in [3.63, 3.8) is 0 Å². The number of likely N-dealkylation sites (tertiary alicyclic amines) is 1. The Morgan fingerprint density at radius 2 is 2.12 bits per heavy atom. The molecule has 0 saturated carbocycles. The fourth-order valence-electron chi connectivity index (χ4n) is 2.25. The molecule has 1 aliphatic rings. The van der Waals surface area contributed by atoms with E-state index in [2.05, 4.69) is 17.1 Å². The minimum absolute atomic E-state index is 0.538. The molecular weight excluding hydrogens is 234 g/mol. The second-order valence-electron chi connectivity index (χ2n) is 4.70. The highest BCUT2D eigenvalue weighted by molar-refractivity contribution is 6.31. The van der Waals surface area contributed by atoms with Crippen LogP contribution in [-0.2, 0) is 0 Å². The topological polar surface area (TPSA) is 41.3 Å². The Morgan fingerprint density at radius 1 is 1.41 bits per heavy atom. The van der Waals surface area contributed by atoms with Crippen LogP contribution in [0, 0.1) is 0 Å². The highest BCUT2D eigenvalue weighted by Crippen LogP contribution is 2.23. The van der Waals surface area contributed by atoms with E-state index in [4.69, 9.17) is 17.3 Å². The van der Waals surface area contributed by atoms with Crippen LogP contribution < -0.4 is 11.1 Å². The monoisotopic (exact) mass is 253 g/mol. The van der Waals surface area contributed by atoms with Gasteiger partial charge in [-0.25, -0.2) is 0 Å². The van der Waals surface area contributed by atoms with E-state index < -0.39 is 0 Å². The van der Waals surface area contributed by atoms with Crippen LogP contribution in [0.15, 0.2) is 18.2 Å². The van der Waals surface area contributed by atoms with E-state index in [0.717, 1.165) is 22.9 Å². The normalized spacial score (nSPS) is 18.2. The van der Waals surface area contributed by atoms with E-state index in [1.807, 2.05) is 18.2 Å². The van der Waals surface area contributed by atoms with E-state index >= 15 is 0 Å². The first kappa shape index (κ1) is 12.5.